The Labute approximate surface area is 156 Å². The van der Waals surface area contributed by atoms with Crippen LogP contribution in [0.4, 0.5) is 11.4 Å². The summed E-state index contributed by atoms with van der Waals surface area (Å²) in [7, 11) is 2.40. The van der Waals surface area contributed by atoms with Crippen molar-refractivity contribution in [2.24, 2.45) is 0 Å². The fraction of sp³-hybridized carbons (Fsp3) is 0.333. The van der Waals surface area contributed by atoms with Gasteiger partial charge in [-0.2, -0.15) is 0 Å². The predicted molar refractivity (Wildman–Crippen MR) is 94.9 cm³/mol. The van der Waals surface area contributed by atoms with Crippen molar-refractivity contribution in [1.29, 1.82) is 0 Å². The third kappa shape index (κ3) is 3.74. The number of non-ortho nitro benzene ring substituents is 1. The minimum Gasteiger partial charge on any atom is -0.466 e. The highest BCUT2D eigenvalue weighted by atomic mass is 127. The van der Waals surface area contributed by atoms with Crippen LogP contribution in [0.25, 0.3) is 0 Å². The second kappa shape index (κ2) is 7.78. The molecule has 0 amide bonds. The number of nitro benzene ring substituents is 1. The summed E-state index contributed by atoms with van der Waals surface area (Å²) in [6, 6.07) is 2.77. The largest absolute Gasteiger partial charge is 0.466 e. The molecule has 1 aliphatic heterocycles. The predicted octanol–water partition coefficient (Wildman–Crippen LogP) is 1.90. The number of nitro groups is 1. The number of hydrogen-bond donors (Lipinski definition) is 0. The summed E-state index contributed by atoms with van der Waals surface area (Å²) >= 11 is 1.93. The van der Waals surface area contributed by atoms with Gasteiger partial charge >= 0.3 is 11.9 Å². The molecule has 0 bridgehead atoms. The average molecular weight is 462 g/mol. The summed E-state index contributed by atoms with van der Waals surface area (Å²) in [6.45, 7) is 1.56. The van der Waals surface area contributed by atoms with E-state index in [4.69, 9.17) is 14.2 Å². The monoisotopic (exact) mass is 462 g/mol. The molecule has 2 rings (SSSR count). The van der Waals surface area contributed by atoms with Gasteiger partial charge in [0.15, 0.2) is 0 Å². The first-order valence-corrected chi connectivity index (χ1v) is 8.09. The van der Waals surface area contributed by atoms with E-state index in [0.717, 1.165) is 0 Å². The molecule has 0 N–H and O–H groups in total. The SMILES string of the molecule is COC(=O)C1=C(C(=O)OC)N(c2c(C)cc([N+](=O)[O-])cc2I)COC1. The molecular formula is C15H15IN2O7. The van der Waals surface area contributed by atoms with Crippen LogP contribution in [0.5, 0.6) is 0 Å². The molecule has 9 nitrogen and oxygen atoms in total. The standard InChI is InChI=1S/C15H15IN2O7/c1-8-4-9(18(21)22)5-11(16)12(8)17-7-25-6-10(14(19)23-2)13(17)15(20)24-3/h4-5H,6-7H2,1-3H3. The van der Waals surface area contributed by atoms with Gasteiger partial charge in [0.25, 0.3) is 5.69 Å². The molecule has 1 heterocycles. The van der Waals surface area contributed by atoms with E-state index < -0.39 is 16.9 Å². The fourth-order valence-electron chi connectivity index (χ4n) is 2.49. The summed E-state index contributed by atoms with van der Waals surface area (Å²) in [5.41, 5.74) is 1.02. The molecule has 0 saturated heterocycles. The van der Waals surface area contributed by atoms with Gasteiger partial charge in [-0.25, -0.2) is 9.59 Å². The van der Waals surface area contributed by atoms with Gasteiger partial charge in [0.2, 0.25) is 0 Å². The highest BCUT2D eigenvalue weighted by Crippen LogP contribution is 2.35. The lowest BCUT2D eigenvalue weighted by atomic mass is 10.1. The average Bonchev–Trinajstić information content (AvgIpc) is 2.59. The maximum Gasteiger partial charge on any atom is 0.355 e. The molecule has 0 spiro atoms. The molecular weight excluding hydrogens is 447 g/mol. The van der Waals surface area contributed by atoms with Gasteiger partial charge in [0, 0.05) is 15.7 Å². The molecule has 0 atom stereocenters. The Morgan fingerprint density at radius 3 is 2.44 bits per heavy atom. The van der Waals surface area contributed by atoms with Gasteiger partial charge in [-0.1, -0.05) is 0 Å². The van der Waals surface area contributed by atoms with Crippen molar-refractivity contribution in [3.05, 3.63) is 42.7 Å². The number of methoxy groups -OCH3 is 2. The van der Waals surface area contributed by atoms with Crippen LogP contribution in [0, 0.1) is 20.6 Å². The van der Waals surface area contributed by atoms with E-state index in [1.54, 1.807) is 6.92 Å². The minimum atomic E-state index is -0.725. The molecule has 0 aliphatic carbocycles. The fourth-order valence-corrected chi connectivity index (χ4v) is 3.52. The van der Waals surface area contributed by atoms with Gasteiger partial charge in [-0.15, -0.1) is 0 Å². The zero-order valence-corrected chi connectivity index (χ0v) is 15.9. The van der Waals surface area contributed by atoms with Crippen LogP contribution < -0.4 is 4.90 Å². The number of carbonyl (C=O) groups excluding carboxylic acids is 2. The van der Waals surface area contributed by atoms with Crippen LogP contribution in [0.2, 0.25) is 0 Å². The topological polar surface area (TPSA) is 108 Å². The highest BCUT2D eigenvalue weighted by Gasteiger charge is 2.34. The molecule has 134 valence electrons. The van der Waals surface area contributed by atoms with Crippen molar-refractivity contribution in [3.8, 4) is 0 Å². The van der Waals surface area contributed by atoms with E-state index in [2.05, 4.69) is 0 Å². The Morgan fingerprint density at radius 2 is 1.92 bits per heavy atom. The van der Waals surface area contributed by atoms with Gasteiger partial charge in [0.1, 0.15) is 12.4 Å². The first kappa shape index (κ1) is 19.1. The molecule has 0 fully saturated rings. The third-order valence-corrected chi connectivity index (χ3v) is 4.37. The van der Waals surface area contributed by atoms with Crippen molar-refractivity contribution in [2.75, 3.05) is 32.5 Å². The van der Waals surface area contributed by atoms with Crippen LogP contribution >= 0.6 is 22.6 Å². The van der Waals surface area contributed by atoms with Gasteiger partial charge < -0.3 is 19.1 Å². The zero-order chi connectivity index (χ0) is 18.7. The van der Waals surface area contributed by atoms with Crippen molar-refractivity contribution in [1.82, 2.24) is 0 Å². The van der Waals surface area contributed by atoms with E-state index in [-0.39, 0.29) is 30.3 Å². The number of aryl methyl sites for hydroxylation is 1. The Kier molecular flexibility index (Phi) is 5.95. The molecule has 0 saturated carbocycles. The smallest absolute Gasteiger partial charge is 0.355 e. The number of benzene rings is 1. The first-order chi connectivity index (χ1) is 11.8. The van der Waals surface area contributed by atoms with Gasteiger partial charge in [0.05, 0.1) is 37.0 Å². The van der Waals surface area contributed by atoms with Crippen LogP contribution in [0.3, 0.4) is 0 Å². The number of anilines is 1. The number of esters is 2. The van der Waals surface area contributed by atoms with Crippen LogP contribution in [-0.4, -0.2) is 44.4 Å². The van der Waals surface area contributed by atoms with Crippen molar-refractivity contribution in [2.45, 2.75) is 6.92 Å². The second-order valence-corrected chi connectivity index (χ2v) is 6.23. The Bertz CT molecular complexity index is 752. The number of halogens is 1. The normalized spacial score (nSPS) is 14.3. The Morgan fingerprint density at radius 1 is 1.28 bits per heavy atom. The Hall–Kier alpha value is -2.21. The number of rotatable bonds is 4. The molecule has 10 heteroatoms. The quantitative estimate of drug-likeness (QED) is 0.289. The summed E-state index contributed by atoms with van der Waals surface area (Å²) in [6.07, 6.45) is 0. The highest BCUT2D eigenvalue weighted by molar-refractivity contribution is 14.1. The number of hydrogen-bond acceptors (Lipinski definition) is 8. The van der Waals surface area contributed by atoms with E-state index in [1.165, 1.54) is 31.3 Å². The van der Waals surface area contributed by atoms with E-state index in [0.29, 0.717) is 14.8 Å². The van der Waals surface area contributed by atoms with Gasteiger partial charge in [-0.3, -0.25) is 10.1 Å². The van der Waals surface area contributed by atoms with E-state index in [9.17, 15) is 19.7 Å². The van der Waals surface area contributed by atoms with E-state index >= 15 is 0 Å². The number of ether oxygens (including phenoxy) is 3. The van der Waals surface area contributed by atoms with E-state index in [1.807, 2.05) is 22.6 Å². The summed E-state index contributed by atoms with van der Waals surface area (Å²) in [5.74, 6) is -1.43. The first-order valence-electron chi connectivity index (χ1n) is 7.01. The van der Waals surface area contributed by atoms with Crippen molar-refractivity contribution >= 4 is 45.9 Å². The lowest BCUT2D eigenvalue weighted by Crippen LogP contribution is -2.39. The zero-order valence-electron chi connectivity index (χ0n) is 13.7. The van der Waals surface area contributed by atoms with Crippen LogP contribution in [-0.2, 0) is 23.8 Å². The Balaban J connectivity index is 2.66. The second-order valence-electron chi connectivity index (χ2n) is 5.07. The molecule has 1 aliphatic rings. The maximum absolute atomic E-state index is 12.3. The van der Waals surface area contributed by atoms with Crippen LogP contribution in [0.1, 0.15) is 5.56 Å². The molecule has 1 aromatic rings. The summed E-state index contributed by atoms with van der Waals surface area (Å²) < 4.78 is 15.4. The molecule has 25 heavy (non-hydrogen) atoms. The summed E-state index contributed by atoms with van der Waals surface area (Å²) in [5, 5.41) is 11.0. The number of nitrogens with zero attached hydrogens (tertiary/aromatic N) is 2. The third-order valence-electron chi connectivity index (χ3n) is 3.55. The summed E-state index contributed by atoms with van der Waals surface area (Å²) in [4.78, 5) is 36.3. The lowest BCUT2D eigenvalue weighted by Gasteiger charge is -2.32. The van der Waals surface area contributed by atoms with Gasteiger partial charge in [-0.05, 0) is 35.1 Å². The molecule has 1 aromatic carbocycles. The molecule has 0 unspecified atom stereocenters. The maximum atomic E-state index is 12.3. The van der Waals surface area contributed by atoms with Crippen molar-refractivity contribution in [3.63, 3.8) is 0 Å². The number of carbonyl (C=O) groups is 2. The molecule has 0 radical (unpaired) electrons. The van der Waals surface area contributed by atoms with Crippen LogP contribution in [0.15, 0.2) is 23.4 Å². The minimum absolute atomic E-state index is 0.00420. The molecule has 0 aromatic heterocycles. The lowest BCUT2D eigenvalue weighted by molar-refractivity contribution is -0.385. The van der Waals surface area contributed by atoms with Crippen molar-refractivity contribution < 1.29 is 28.7 Å².